The Morgan fingerprint density at radius 2 is 2.33 bits per heavy atom. The fourth-order valence-corrected chi connectivity index (χ4v) is 2.01. The molecule has 0 aromatic carbocycles. The lowest BCUT2D eigenvalue weighted by molar-refractivity contribution is -0.122. The van der Waals surface area contributed by atoms with Crippen LogP contribution in [0.15, 0.2) is 0 Å². The van der Waals surface area contributed by atoms with E-state index in [1.807, 2.05) is 6.92 Å². The van der Waals surface area contributed by atoms with Crippen LogP contribution in [0.1, 0.15) is 32.6 Å². The lowest BCUT2D eigenvalue weighted by Gasteiger charge is -2.15. The predicted molar refractivity (Wildman–Crippen MR) is 70.6 cm³/mol. The van der Waals surface area contributed by atoms with Crippen LogP contribution >= 0.6 is 0 Å². The van der Waals surface area contributed by atoms with Gasteiger partial charge in [-0.1, -0.05) is 0 Å². The van der Waals surface area contributed by atoms with Gasteiger partial charge >= 0.3 is 0 Å². The third-order valence-electron chi connectivity index (χ3n) is 3.16. The number of nitrogens with one attached hydrogen (secondary N) is 2. The molecular weight excluding hydrogens is 232 g/mol. The molecule has 0 spiro atoms. The Balaban J connectivity index is 2.00. The first-order valence-electron chi connectivity index (χ1n) is 6.85. The van der Waals surface area contributed by atoms with E-state index in [-0.39, 0.29) is 11.9 Å². The number of amides is 1. The maximum Gasteiger partial charge on any atom is 0.236 e. The zero-order valence-corrected chi connectivity index (χ0v) is 11.5. The van der Waals surface area contributed by atoms with Crippen molar-refractivity contribution in [1.29, 1.82) is 0 Å². The fraction of sp³-hybridized carbons (Fsp3) is 0.923. The molecule has 5 heteroatoms. The molecule has 18 heavy (non-hydrogen) atoms. The number of methoxy groups -OCH3 is 1. The summed E-state index contributed by atoms with van der Waals surface area (Å²) in [7, 11) is 1.66. The van der Waals surface area contributed by atoms with Crippen LogP contribution in [-0.4, -0.2) is 51.5 Å². The van der Waals surface area contributed by atoms with Crippen molar-refractivity contribution >= 4 is 5.91 Å². The lowest BCUT2D eigenvalue weighted by Crippen LogP contribution is -2.43. The van der Waals surface area contributed by atoms with E-state index in [1.165, 1.54) is 6.42 Å². The average molecular weight is 258 g/mol. The topological polar surface area (TPSA) is 59.6 Å². The van der Waals surface area contributed by atoms with Gasteiger partial charge in [0.25, 0.3) is 0 Å². The van der Waals surface area contributed by atoms with E-state index in [0.717, 1.165) is 32.4 Å². The smallest absolute Gasteiger partial charge is 0.236 e. The first-order valence-corrected chi connectivity index (χ1v) is 6.85. The van der Waals surface area contributed by atoms with Gasteiger partial charge in [0.05, 0.1) is 12.1 Å². The standard InChI is InChI=1S/C13H26N2O3/c1-11(13(16)15-7-4-9-17-2)14-8-6-12-5-3-10-18-12/h11-12,14H,3-10H2,1-2H3,(H,15,16). The molecule has 2 unspecified atom stereocenters. The van der Waals surface area contributed by atoms with E-state index in [2.05, 4.69) is 10.6 Å². The second kappa shape index (κ2) is 9.30. The highest BCUT2D eigenvalue weighted by molar-refractivity contribution is 5.81. The van der Waals surface area contributed by atoms with Crippen LogP contribution in [0.25, 0.3) is 0 Å². The van der Waals surface area contributed by atoms with E-state index in [0.29, 0.717) is 19.3 Å². The Labute approximate surface area is 110 Å². The highest BCUT2D eigenvalue weighted by Crippen LogP contribution is 2.14. The molecule has 1 amide bonds. The van der Waals surface area contributed by atoms with Crippen molar-refractivity contribution in [3.8, 4) is 0 Å². The molecule has 1 fully saturated rings. The zero-order chi connectivity index (χ0) is 13.2. The van der Waals surface area contributed by atoms with Gasteiger partial charge in [0, 0.05) is 26.9 Å². The summed E-state index contributed by atoms with van der Waals surface area (Å²) in [6.45, 7) is 4.96. The number of carbonyl (C=O) groups excluding carboxylic acids is 1. The van der Waals surface area contributed by atoms with Gasteiger partial charge in [-0.25, -0.2) is 0 Å². The highest BCUT2D eigenvalue weighted by atomic mass is 16.5. The Hall–Kier alpha value is -0.650. The summed E-state index contributed by atoms with van der Waals surface area (Å²) < 4.78 is 10.5. The van der Waals surface area contributed by atoms with Crippen LogP contribution in [0.4, 0.5) is 0 Å². The molecule has 0 saturated carbocycles. The molecule has 1 aliphatic rings. The minimum absolute atomic E-state index is 0.0541. The number of hydrogen-bond acceptors (Lipinski definition) is 4. The molecule has 0 radical (unpaired) electrons. The predicted octanol–water partition coefficient (Wildman–Crippen LogP) is 0.686. The Morgan fingerprint density at radius 3 is 3.00 bits per heavy atom. The van der Waals surface area contributed by atoms with Crippen LogP contribution in [-0.2, 0) is 14.3 Å². The summed E-state index contributed by atoms with van der Waals surface area (Å²) in [6, 6.07) is -0.144. The molecule has 2 atom stereocenters. The number of carbonyl (C=O) groups is 1. The van der Waals surface area contributed by atoms with Gasteiger partial charge in [0.1, 0.15) is 0 Å². The van der Waals surface area contributed by atoms with Crippen molar-refractivity contribution in [2.75, 3.05) is 33.4 Å². The number of hydrogen-bond donors (Lipinski definition) is 2. The molecule has 0 aromatic heterocycles. The van der Waals surface area contributed by atoms with Crippen molar-refractivity contribution < 1.29 is 14.3 Å². The van der Waals surface area contributed by atoms with Crippen molar-refractivity contribution in [2.45, 2.75) is 44.8 Å². The summed E-state index contributed by atoms with van der Waals surface area (Å²) in [5.41, 5.74) is 0. The molecule has 0 aromatic rings. The molecule has 1 saturated heterocycles. The molecule has 0 aliphatic carbocycles. The first-order chi connectivity index (χ1) is 8.74. The summed E-state index contributed by atoms with van der Waals surface area (Å²) in [6.07, 6.45) is 4.54. The third kappa shape index (κ3) is 6.33. The van der Waals surface area contributed by atoms with Crippen molar-refractivity contribution in [1.82, 2.24) is 10.6 Å². The largest absolute Gasteiger partial charge is 0.385 e. The van der Waals surface area contributed by atoms with E-state index in [4.69, 9.17) is 9.47 Å². The maximum atomic E-state index is 11.7. The van der Waals surface area contributed by atoms with E-state index in [9.17, 15) is 4.79 Å². The summed E-state index contributed by atoms with van der Waals surface area (Å²) >= 11 is 0. The van der Waals surface area contributed by atoms with Crippen LogP contribution in [0.5, 0.6) is 0 Å². The second-order valence-corrected chi connectivity index (χ2v) is 4.74. The quantitative estimate of drug-likeness (QED) is 0.597. The van der Waals surface area contributed by atoms with Gasteiger partial charge in [0.2, 0.25) is 5.91 Å². The molecule has 1 heterocycles. The van der Waals surface area contributed by atoms with Crippen molar-refractivity contribution in [3.63, 3.8) is 0 Å². The highest BCUT2D eigenvalue weighted by Gasteiger charge is 2.16. The molecule has 2 N–H and O–H groups in total. The minimum atomic E-state index is -0.144. The van der Waals surface area contributed by atoms with E-state index in [1.54, 1.807) is 7.11 Å². The van der Waals surface area contributed by atoms with Crippen LogP contribution < -0.4 is 10.6 Å². The number of rotatable bonds is 9. The summed E-state index contributed by atoms with van der Waals surface area (Å²) in [5.74, 6) is 0.0541. The van der Waals surface area contributed by atoms with Gasteiger partial charge in [-0.3, -0.25) is 4.79 Å². The van der Waals surface area contributed by atoms with Gasteiger partial charge in [-0.05, 0) is 39.2 Å². The summed E-state index contributed by atoms with van der Waals surface area (Å²) in [4.78, 5) is 11.7. The van der Waals surface area contributed by atoms with Crippen LogP contribution in [0, 0.1) is 0 Å². The molecule has 5 nitrogen and oxygen atoms in total. The Kier molecular flexibility index (Phi) is 7.96. The van der Waals surface area contributed by atoms with Gasteiger partial charge in [0.15, 0.2) is 0 Å². The maximum absolute atomic E-state index is 11.7. The lowest BCUT2D eigenvalue weighted by atomic mass is 10.2. The normalized spacial score (nSPS) is 20.9. The molecular formula is C13H26N2O3. The van der Waals surface area contributed by atoms with Crippen molar-refractivity contribution in [2.24, 2.45) is 0 Å². The van der Waals surface area contributed by atoms with Gasteiger partial charge in [-0.2, -0.15) is 0 Å². The van der Waals surface area contributed by atoms with E-state index < -0.39 is 0 Å². The molecule has 1 rings (SSSR count). The van der Waals surface area contributed by atoms with Crippen LogP contribution in [0.3, 0.4) is 0 Å². The Bertz CT molecular complexity index is 230. The SMILES string of the molecule is COCCCNC(=O)C(C)NCCC1CCCO1. The van der Waals surface area contributed by atoms with Crippen molar-refractivity contribution in [3.05, 3.63) is 0 Å². The number of ether oxygens (including phenoxy) is 2. The minimum Gasteiger partial charge on any atom is -0.385 e. The third-order valence-corrected chi connectivity index (χ3v) is 3.16. The van der Waals surface area contributed by atoms with Gasteiger partial charge < -0.3 is 20.1 Å². The second-order valence-electron chi connectivity index (χ2n) is 4.74. The Morgan fingerprint density at radius 1 is 1.50 bits per heavy atom. The zero-order valence-electron chi connectivity index (χ0n) is 11.5. The van der Waals surface area contributed by atoms with E-state index >= 15 is 0 Å². The molecule has 106 valence electrons. The van der Waals surface area contributed by atoms with Crippen LogP contribution in [0.2, 0.25) is 0 Å². The molecule has 0 bridgehead atoms. The first kappa shape index (κ1) is 15.4. The fourth-order valence-electron chi connectivity index (χ4n) is 2.01. The molecule has 1 aliphatic heterocycles. The average Bonchev–Trinajstić information content (AvgIpc) is 2.87. The monoisotopic (exact) mass is 258 g/mol. The van der Waals surface area contributed by atoms with Gasteiger partial charge in [-0.15, -0.1) is 0 Å². The summed E-state index contributed by atoms with van der Waals surface area (Å²) in [5, 5.41) is 6.11.